The molecule has 1 saturated heterocycles. The first-order chi connectivity index (χ1) is 15.9. The van der Waals surface area contributed by atoms with Gasteiger partial charge in [-0.15, -0.1) is 0 Å². The van der Waals surface area contributed by atoms with Gasteiger partial charge in [-0.2, -0.15) is 5.10 Å². The summed E-state index contributed by atoms with van der Waals surface area (Å²) >= 11 is 6.07. The number of rotatable bonds is 4. The van der Waals surface area contributed by atoms with E-state index in [2.05, 4.69) is 4.90 Å². The lowest BCUT2D eigenvalue weighted by atomic mass is 10.1. The third-order valence-electron chi connectivity index (χ3n) is 6.36. The summed E-state index contributed by atoms with van der Waals surface area (Å²) in [7, 11) is 5.22. The molecule has 9 heteroatoms. The fraction of sp³-hybridized carbons (Fsp3) is 0.333. The van der Waals surface area contributed by atoms with Crippen LogP contribution in [0.4, 0.5) is 4.39 Å². The lowest BCUT2D eigenvalue weighted by molar-refractivity contribution is 0.0657. The average Bonchev–Trinajstić information content (AvgIpc) is 3.37. The molecule has 2 heterocycles. The van der Waals surface area contributed by atoms with Crippen molar-refractivity contribution >= 4 is 17.5 Å². The number of fused-ring (bicyclic) bond motifs is 3. The van der Waals surface area contributed by atoms with E-state index in [0.29, 0.717) is 42.4 Å². The van der Waals surface area contributed by atoms with Gasteiger partial charge in [0.15, 0.2) is 17.2 Å². The highest BCUT2D eigenvalue weighted by molar-refractivity contribution is 6.30. The van der Waals surface area contributed by atoms with Gasteiger partial charge in [-0.1, -0.05) is 11.6 Å². The van der Waals surface area contributed by atoms with Crippen molar-refractivity contribution < 1.29 is 18.7 Å². The first kappa shape index (κ1) is 21.7. The second kappa shape index (κ2) is 8.35. The van der Waals surface area contributed by atoms with Crippen LogP contribution in [0.25, 0.3) is 16.9 Å². The summed E-state index contributed by atoms with van der Waals surface area (Å²) in [5, 5.41) is 4.72. The molecule has 172 valence electrons. The normalized spacial score (nSPS) is 15.4. The highest BCUT2D eigenvalue weighted by Gasteiger charge is 2.34. The van der Waals surface area contributed by atoms with E-state index in [1.54, 1.807) is 25.0 Å². The second-order valence-corrected chi connectivity index (χ2v) is 8.73. The minimum absolute atomic E-state index is 0.00535. The van der Waals surface area contributed by atoms with Crippen molar-refractivity contribution in [3.05, 3.63) is 58.0 Å². The molecular formula is C24H24ClFN4O3. The zero-order valence-corrected chi connectivity index (χ0v) is 19.4. The molecule has 0 atom stereocenters. The third-order valence-corrected chi connectivity index (χ3v) is 6.65. The standard InChI is InChI=1S/C24H24ClFN4O3/c1-28-6-8-29(9-7-28)24(31)22-17-10-14-11-20(32-2)21(33-3)13-16(14)23(17)30(27-22)15-4-5-19(26)18(25)12-15/h4-5,11-13H,6-10H2,1-3H3. The van der Waals surface area contributed by atoms with Crippen molar-refractivity contribution in [1.29, 1.82) is 0 Å². The van der Waals surface area contributed by atoms with E-state index in [9.17, 15) is 9.18 Å². The fourth-order valence-corrected chi connectivity index (χ4v) is 4.68. The molecule has 0 unspecified atom stereocenters. The van der Waals surface area contributed by atoms with E-state index in [0.717, 1.165) is 35.5 Å². The molecule has 1 fully saturated rings. The molecule has 5 rings (SSSR count). The molecule has 0 spiro atoms. The van der Waals surface area contributed by atoms with Crippen LogP contribution in [-0.4, -0.2) is 72.9 Å². The smallest absolute Gasteiger partial charge is 0.274 e. The second-order valence-electron chi connectivity index (χ2n) is 8.32. The summed E-state index contributed by atoms with van der Waals surface area (Å²) in [6, 6.07) is 8.26. The Morgan fingerprint density at radius 1 is 1.06 bits per heavy atom. The van der Waals surface area contributed by atoms with Gasteiger partial charge in [-0.25, -0.2) is 9.07 Å². The summed E-state index contributed by atoms with van der Waals surface area (Å²) in [5.74, 6) is 0.599. The Morgan fingerprint density at radius 2 is 1.76 bits per heavy atom. The monoisotopic (exact) mass is 470 g/mol. The van der Waals surface area contributed by atoms with E-state index in [1.807, 2.05) is 24.1 Å². The predicted octanol–water partition coefficient (Wildman–Crippen LogP) is 3.64. The van der Waals surface area contributed by atoms with E-state index in [4.69, 9.17) is 26.2 Å². The summed E-state index contributed by atoms with van der Waals surface area (Å²) in [4.78, 5) is 17.6. The van der Waals surface area contributed by atoms with Crippen LogP contribution in [0, 0.1) is 5.82 Å². The highest BCUT2D eigenvalue weighted by Crippen LogP contribution is 2.45. The zero-order valence-electron chi connectivity index (χ0n) is 18.7. The van der Waals surface area contributed by atoms with Crippen molar-refractivity contribution in [3.63, 3.8) is 0 Å². The van der Waals surface area contributed by atoms with E-state index < -0.39 is 5.82 Å². The van der Waals surface area contributed by atoms with Gasteiger partial charge < -0.3 is 19.3 Å². The molecule has 0 saturated carbocycles. The minimum atomic E-state index is -0.509. The summed E-state index contributed by atoms with van der Waals surface area (Å²) in [6.07, 6.45) is 0.536. The zero-order chi connectivity index (χ0) is 23.3. The number of nitrogens with zero attached hydrogens (tertiary/aromatic N) is 4. The van der Waals surface area contributed by atoms with Gasteiger partial charge in [-0.05, 0) is 42.9 Å². The van der Waals surface area contributed by atoms with Crippen LogP contribution in [0.5, 0.6) is 11.5 Å². The molecule has 0 bridgehead atoms. The number of carbonyl (C=O) groups excluding carboxylic acids is 1. The molecular weight excluding hydrogens is 447 g/mol. The van der Waals surface area contributed by atoms with Crippen LogP contribution in [0.2, 0.25) is 5.02 Å². The van der Waals surface area contributed by atoms with Crippen LogP contribution in [0.3, 0.4) is 0 Å². The molecule has 3 aromatic rings. The Balaban J connectivity index is 1.67. The highest BCUT2D eigenvalue weighted by atomic mass is 35.5. The molecule has 7 nitrogen and oxygen atoms in total. The largest absolute Gasteiger partial charge is 0.493 e. The number of halogens is 2. The van der Waals surface area contributed by atoms with E-state index >= 15 is 0 Å². The Morgan fingerprint density at radius 3 is 2.42 bits per heavy atom. The van der Waals surface area contributed by atoms with Gasteiger partial charge in [0.05, 0.1) is 30.6 Å². The maximum atomic E-state index is 13.9. The third kappa shape index (κ3) is 3.63. The van der Waals surface area contributed by atoms with Gasteiger partial charge in [0.2, 0.25) is 0 Å². The summed E-state index contributed by atoms with van der Waals surface area (Å²) in [6.45, 7) is 2.93. The number of likely N-dealkylation sites (N-methyl/N-ethyl adjacent to an activating group) is 1. The van der Waals surface area contributed by atoms with Crippen molar-refractivity contribution in [2.45, 2.75) is 6.42 Å². The first-order valence-electron chi connectivity index (χ1n) is 10.7. The quantitative estimate of drug-likeness (QED) is 0.456. The number of piperazine rings is 1. The van der Waals surface area contributed by atoms with Crippen LogP contribution >= 0.6 is 11.6 Å². The average molecular weight is 471 g/mol. The predicted molar refractivity (Wildman–Crippen MR) is 123 cm³/mol. The van der Waals surface area contributed by atoms with E-state index in [1.165, 1.54) is 12.1 Å². The SMILES string of the molecule is COc1cc2c(cc1OC)-c1c(c(C(=O)N3CCN(C)CC3)nn1-c1ccc(F)c(Cl)c1)C2. The Bertz CT molecular complexity index is 1250. The first-order valence-corrected chi connectivity index (χ1v) is 11.1. The molecule has 1 amide bonds. The maximum Gasteiger partial charge on any atom is 0.274 e. The lowest BCUT2D eigenvalue weighted by Crippen LogP contribution is -2.47. The van der Waals surface area contributed by atoms with Crippen LogP contribution in [0.1, 0.15) is 21.6 Å². The molecule has 2 aromatic carbocycles. The number of methoxy groups -OCH3 is 2. The minimum Gasteiger partial charge on any atom is -0.493 e. The van der Waals surface area contributed by atoms with Crippen molar-refractivity contribution in [2.75, 3.05) is 47.4 Å². The number of amides is 1. The fourth-order valence-electron chi connectivity index (χ4n) is 4.51. The lowest BCUT2D eigenvalue weighted by Gasteiger charge is -2.32. The summed E-state index contributed by atoms with van der Waals surface area (Å²) < 4.78 is 26.5. The number of hydrogen-bond acceptors (Lipinski definition) is 5. The van der Waals surface area contributed by atoms with Crippen LogP contribution in [-0.2, 0) is 6.42 Å². The number of benzene rings is 2. The molecule has 0 N–H and O–H groups in total. The topological polar surface area (TPSA) is 59.8 Å². The Hall–Kier alpha value is -3.10. The van der Waals surface area contributed by atoms with Gasteiger partial charge in [0.1, 0.15) is 5.82 Å². The Kier molecular flexibility index (Phi) is 5.50. The molecule has 33 heavy (non-hydrogen) atoms. The van der Waals surface area contributed by atoms with Crippen molar-refractivity contribution in [3.8, 4) is 28.4 Å². The molecule has 2 aliphatic rings. The number of hydrogen-bond donors (Lipinski definition) is 0. The molecule has 0 radical (unpaired) electrons. The molecule has 1 aromatic heterocycles. The Labute approximate surface area is 196 Å². The van der Waals surface area contributed by atoms with Crippen molar-refractivity contribution in [2.24, 2.45) is 0 Å². The summed E-state index contributed by atoms with van der Waals surface area (Å²) in [5.41, 5.74) is 4.51. The molecule has 1 aliphatic heterocycles. The maximum absolute atomic E-state index is 13.9. The van der Waals surface area contributed by atoms with Gasteiger partial charge >= 0.3 is 0 Å². The van der Waals surface area contributed by atoms with Gasteiger partial charge in [-0.3, -0.25) is 4.79 Å². The van der Waals surface area contributed by atoms with Gasteiger partial charge in [0.25, 0.3) is 5.91 Å². The number of aromatic nitrogens is 2. The number of ether oxygens (including phenoxy) is 2. The van der Waals surface area contributed by atoms with Crippen LogP contribution < -0.4 is 9.47 Å². The number of carbonyl (C=O) groups is 1. The van der Waals surface area contributed by atoms with Gasteiger partial charge in [0, 0.05) is 43.7 Å². The van der Waals surface area contributed by atoms with E-state index in [-0.39, 0.29) is 10.9 Å². The van der Waals surface area contributed by atoms with Crippen LogP contribution in [0.15, 0.2) is 30.3 Å². The van der Waals surface area contributed by atoms with Crippen molar-refractivity contribution in [1.82, 2.24) is 19.6 Å². The molecule has 1 aliphatic carbocycles.